The normalized spacial score (nSPS) is 10.4. The van der Waals surface area contributed by atoms with Crippen molar-refractivity contribution in [1.29, 1.82) is 0 Å². The van der Waals surface area contributed by atoms with Crippen LogP contribution in [0.4, 0.5) is 0 Å². The van der Waals surface area contributed by atoms with Gasteiger partial charge in [0.05, 0.1) is 0 Å². The van der Waals surface area contributed by atoms with Crippen molar-refractivity contribution in [2.24, 2.45) is 0 Å². The maximum absolute atomic E-state index is 11.3. The Kier molecular flexibility index (Phi) is 6.44. The minimum Gasteiger partial charge on any atom is -0.349 e. The Bertz CT molecular complexity index is 375. The third-order valence-corrected chi connectivity index (χ3v) is 2.92. The minimum absolute atomic E-state index is 0.204. The van der Waals surface area contributed by atoms with Crippen molar-refractivity contribution in [2.75, 3.05) is 27.2 Å². The van der Waals surface area contributed by atoms with Gasteiger partial charge in [-0.3, -0.25) is 4.79 Å². The van der Waals surface area contributed by atoms with E-state index >= 15 is 0 Å². The Morgan fingerprint density at radius 3 is 2.72 bits per heavy atom. The molecule has 18 heavy (non-hydrogen) atoms. The van der Waals surface area contributed by atoms with E-state index in [-0.39, 0.29) is 5.91 Å². The van der Waals surface area contributed by atoms with Gasteiger partial charge in [0.2, 0.25) is 5.91 Å². The lowest BCUT2D eigenvalue weighted by Gasteiger charge is -2.10. The van der Waals surface area contributed by atoms with Gasteiger partial charge in [0, 0.05) is 20.5 Å². The second kappa shape index (κ2) is 7.88. The fourth-order valence-corrected chi connectivity index (χ4v) is 1.81. The van der Waals surface area contributed by atoms with Crippen LogP contribution in [0.25, 0.3) is 0 Å². The molecule has 0 heterocycles. The molecule has 0 aliphatic heterocycles. The molecule has 1 amide bonds. The van der Waals surface area contributed by atoms with E-state index in [1.165, 1.54) is 11.1 Å². The minimum atomic E-state index is 0.204. The Balaban J connectivity index is 2.07. The highest BCUT2D eigenvalue weighted by Gasteiger charge is 2.02. The molecule has 0 atom stereocenters. The number of carbonyl (C=O) groups excluding carboxylic acids is 1. The maximum atomic E-state index is 11.3. The Morgan fingerprint density at radius 1 is 1.28 bits per heavy atom. The van der Waals surface area contributed by atoms with Crippen LogP contribution in [-0.2, 0) is 11.2 Å². The molecule has 0 saturated heterocycles. The number of hydrogen-bond donors (Lipinski definition) is 1. The molecule has 1 aromatic rings. The zero-order chi connectivity index (χ0) is 13.4. The van der Waals surface area contributed by atoms with Crippen molar-refractivity contribution >= 4 is 5.91 Å². The molecule has 0 unspecified atom stereocenters. The molecule has 0 bridgehead atoms. The number of amides is 1. The number of hydrogen-bond acceptors (Lipinski definition) is 2. The summed E-state index contributed by atoms with van der Waals surface area (Å²) in [6.45, 7) is 3.99. The lowest BCUT2D eigenvalue weighted by atomic mass is 10.1. The van der Waals surface area contributed by atoms with Crippen molar-refractivity contribution < 1.29 is 4.79 Å². The largest absolute Gasteiger partial charge is 0.349 e. The molecule has 0 aliphatic carbocycles. The molecular weight excluding hydrogens is 224 g/mol. The van der Waals surface area contributed by atoms with Gasteiger partial charge in [0.15, 0.2) is 0 Å². The lowest BCUT2D eigenvalue weighted by Crippen LogP contribution is -2.24. The summed E-state index contributed by atoms with van der Waals surface area (Å²) in [5.74, 6) is 0.204. The summed E-state index contributed by atoms with van der Waals surface area (Å²) in [6, 6.07) is 8.59. The molecule has 100 valence electrons. The van der Waals surface area contributed by atoms with Gasteiger partial charge in [-0.25, -0.2) is 0 Å². The number of carbonyl (C=O) groups is 1. The van der Waals surface area contributed by atoms with Gasteiger partial charge in [-0.2, -0.15) is 0 Å². The van der Waals surface area contributed by atoms with Crippen LogP contribution in [0.3, 0.4) is 0 Å². The van der Waals surface area contributed by atoms with Crippen molar-refractivity contribution in [2.45, 2.75) is 26.2 Å². The predicted octanol–water partition coefficient (Wildman–Crippen LogP) is 2.00. The highest BCUT2D eigenvalue weighted by molar-refractivity contribution is 5.75. The van der Waals surface area contributed by atoms with Crippen LogP contribution in [0, 0.1) is 6.92 Å². The van der Waals surface area contributed by atoms with Crippen molar-refractivity contribution in [3.05, 3.63) is 35.4 Å². The lowest BCUT2D eigenvalue weighted by molar-refractivity contribution is -0.128. The average molecular weight is 248 g/mol. The quantitative estimate of drug-likeness (QED) is 0.749. The van der Waals surface area contributed by atoms with Crippen molar-refractivity contribution in [1.82, 2.24) is 10.2 Å². The summed E-state index contributed by atoms with van der Waals surface area (Å²) in [7, 11) is 3.60. The van der Waals surface area contributed by atoms with Gasteiger partial charge in [-0.05, 0) is 38.4 Å². The summed E-state index contributed by atoms with van der Waals surface area (Å²) in [4.78, 5) is 13.0. The monoisotopic (exact) mass is 248 g/mol. The molecule has 1 rings (SSSR count). The molecule has 3 heteroatoms. The third kappa shape index (κ3) is 5.82. The van der Waals surface area contributed by atoms with E-state index < -0.39 is 0 Å². The first-order chi connectivity index (χ1) is 8.59. The summed E-state index contributed by atoms with van der Waals surface area (Å²) in [6.07, 6.45) is 2.58. The first-order valence-corrected chi connectivity index (χ1v) is 6.56. The topological polar surface area (TPSA) is 32.3 Å². The van der Waals surface area contributed by atoms with Gasteiger partial charge in [0.1, 0.15) is 0 Å². The van der Waals surface area contributed by atoms with E-state index in [0.29, 0.717) is 6.42 Å². The molecule has 1 N–H and O–H groups in total. The van der Waals surface area contributed by atoms with Crippen LogP contribution >= 0.6 is 0 Å². The zero-order valence-corrected chi connectivity index (χ0v) is 11.7. The van der Waals surface area contributed by atoms with Gasteiger partial charge in [0.25, 0.3) is 0 Å². The summed E-state index contributed by atoms with van der Waals surface area (Å²) in [5, 5.41) is 3.38. The van der Waals surface area contributed by atoms with E-state index in [1.54, 1.807) is 19.0 Å². The molecule has 0 aromatic heterocycles. The zero-order valence-electron chi connectivity index (χ0n) is 11.7. The molecule has 1 aromatic carbocycles. The maximum Gasteiger partial charge on any atom is 0.222 e. The molecule has 3 nitrogen and oxygen atoms in total. The number of nitrogens with zero attached hydrogens (tertiary/aromatic N) is 1. The SMILES string of the molecule is Cc1cccc(CCNCCCC(=O)N(C)C)c1. The van der Waals surface area contributed by atoms with E-state index in [1.807, 2.05) is 0 Å². The predicted molar refractivity (Wildman–Crippen MR) is 75.7 cm³/mol. The molecule has 0 aliphatic rings. The van der Waals surface area contributed by atoms with E-state index in [0.717, 1.165) is 25.9 Å². The Labute approximate surface area is 110 Å². The van der Waals surface area contributed by atoms with Gasteiger partial charge < -0.3 is 10.2 Å². The van der Waals surface area contributed by atoms with E-state index in [4.69, 9.17) is 0 Å². The smallest absolute Gasteiger partial charge is 0.222 e. The van der Waals surface area contributed by atoms with Crippen LogP contribution in [0.1, 0.15) is 24.0 Å². The van der Waals surface area contributed by atoms with Crippen LogP contribution < -0.4 is 5.32 Å². The number of rotatable bonds is 7. The molecule has 0 saturated carbocycles. The van der Waals surface area contributed by atoms with Crippen LogP contribution in [0.2, 0.25) is 0 Å². The number of nitrogens with one attached hydrogen (secondary N) is 1. The van der Waals surface area contributed by atoms with Gasteiger partial charge >= 0.3 is 0 Å². The van der Waals surface area contributed by atoms with E-state index in [9.17, 15) is 4.79 Å². The average Bonchev–Trinajstić information content (AvgIpc) is 2.33. The van der Waals surface area contributed by atoms with Crippen LogP contribution in [0.5, 0.6) is 0 Å². The molecule has 0 fully saturated rings. The number of benzene rings is 1. The molecule has 0 spiro atoms. The molecular formula is C15H24N2O. The van der Waals surface area contributed by atoms with Crippen LogP contribution in [0.15, 0.2) is 24.3 Å². The van der Waals surface area contributed by atoms with Crippen molar-refractivity contribution in [3.63, 3.8) is 0 Å². The highest BCUT2D eigenvalue weighted by atomic mass is 16.2. The van der Waals surface area contributed by atoms with Gasteiger partial charge in [-0.1, -0.05) is 29.8 Å². The summed E-state index contributed by atoms with van der Waals surface area (Å²) < 4.78 is 0. The second-order valence-electron chi connectivity index (χ2n) is 4.88. The van der Waals surface area contributed by atoms with Gasteiger partial charge in [-0.15, -0.1) is 0 Å². The fraction of sp³-hybridized carbons (Fsp3) is 0.533. The number of aryl methyl sites for hydroxylation is 1. The second-order valence-corrected chi connectivity index (χ2v) is 4.88. The summed E-state index contributed by atoms with van der Waals surface area (Å²) >= 11 is 0. The highest BCUT2D eigenvalue weighted by Crippen LogP contribution is 2.03. The Hall–Kier alpha value is -1.35. The standard InChI is InChI=1S/C15H24N2O/c1-13-6-4-7-14(12-13)9-11-16-10-5-8-15(18)17(2)3/h4,6-7,12,16H,5,8-11H2,1-3H3. The third-order valence-electron chi connectivity index (χ3n) is 2.92. The molecule has 0 radical (unpaired) electrons. The first kappa shape index (κ1) is 14.7. The summed E-state index contributed by atoms with van der Waals surface area (Å²) in [5.41, 5.74) is 2.68. The van der Waals surface area contributed by atoms with Crippen LogP contribution in [-0.4, -0.2) is 38.0 Å². The van der Waals surface area contributed by atoms with E-state index in [2.05, 4.69) is 36.5 Å². The fourth-order valence-electron chi connectivity index (χ4n) is 1.81. The first-order valence-electron chi connectivity index (χ1n) is 6.56. The van der Waals surface area contributed by atoms with Crippen molar-refractivity contribution in [3.8, 4) is 0 Å². The Morgan fingerprint density at radius 2 is 2.06 bits per heavy atom.